The van der Waals surface area contributed by atoms with Gasteiger partial charge in [-0.25, -0.2) is 50.5 Å². The van der Waals surface area contributed by atoms with Gasteiger partial charge in [0.1, 0.15) is 58.3 Å². The van der Waals surface area contributed by atoms with Crippen molar-refractivity contribution >= 4 is 166 Å². The van der Waals surface area contributed by atoms with Crippen molar-refractivity contribution in [3.05, 3.63) is 370 Å². The quantitative estimate of drug-likeness (QED) is 0.00655. The van der Waals surface area contributed by atoms with Crippen molar-refractivity contribution in [1.82, 2.24) is 29.3 Å². The maximum absolute atomic E-state index is 13.6. The average molecular weight is 2130 g/mol. The minimum absolute atomic E-state index is 0. The number of aldehydes is 1. The number of benzene rings is 10. The number of rotatable bonds is 20. The molecule has 13 aromatic rings. The normalized spacial score (nSPS) is 10.8. The van der Waals surface area contributed by atoms with E-state index >= 15 is 0 Å². The maximum Gasteiger partial charge on any atom is 2.00 e. The Balaban J connectivity index is 0.00000162. The summed E-state index contributed by atoms with van der Waals surface area (Å²) in [4.78, 5) is 141. The third-order valence-electron chi connectivity index (χ3n) is 16.0. The Kier molecular flexibility index (Phi) is 53.6. The van der Waals surface area contributed by atoms with E-state index in [1.54, 1.807) is 112 Å². The fourth-order valence-corrected chi connectivity index (χ4v) is 18.9. The number of fused-ring (bicyclic) bond motifs is 1. The zero-order chi connectivity index (χ0) is 99.7. The number of nitro benzene ring substituents is 1. The monoisotopic (exact) mass is 2130 g/mol. The minimum atomic E-state index is -6.03. The van der Waals surface area contributed by atoms with Crippen LogP contribution in [0.15, 0.2) is 237 Å². The molecule has 14 rings (SSSR count). The van der Waals surface area contributed by atoms with Crippen LogP contribution in [0.1, 0.15) is 108 Å². The molecule has 140 heavy (non-hydrogen) atoms. The molecule has 0 spiro atoms. The molecule has 38 nitrogen and oxygen atoms in total. The zero-order valence-electron chi connectivity index (χ0n) is 75.1. The van der Waals surface area contributed by atoms with Gasteiger partial charge in [-0.05, 0) is 153 Å². The Labute approximate surface area is 868 Å². The van der Waals surface area contributed by atoms with Gasteiger partial charge in [0, 0.05) is 46.5 Å². The zero-order valence-corrected chi connectivity index (χ0v) is 81.3. The molecule has 712 valence electrons. The van der Waals surface area contributed by atoms with E-state index in [1.807, 2.05) is 36.4 Å². The number of carboxylic acid groups (broad SMARTS) is 1. The van der Waals surface area contributed by atoms with Crippen LogP contribution in [-0.4, -0.2) is 157 Å². The number of nitrogens with zero attached hydrogens (tertiary/aromatic N) is 10. The SMILES string of the molecule is CC(=O)OI1(OC(C)=O)(OC(C)=O)OC(=O)c2ccccc21.Cc1cc(C(=O)O)n(-c2cccc(C#N)c2)n1.Nc1cc(F)cc(CO)c1.Nc1cc(F)cc(OC=O)c1.O=CO[O-].O=COc1cc(F)cc([N+](=O)[O-])c1.[AlH3].[Br-].[C-]#[N+]c1cccc(-n2nc(C)cc2C(=O)Nc2cc(F)cc(C=O)c2)c1.[C-]#[N+]c1cccc(-n2nc(C)cc2C(=O)Nc2cc(F)cc(CO)c2)c1.[H-].[Li+].[Mg+2].[Na+].[c-]1ccccc1. The van der Waals surface area contributed by atoms with Gasteiger partial charge in [-0.1, -0.05) is 30.3 Å². The van der Waals surface area contributed by atoms with Crippen LogP contribution in [0.3, 0.4) is 0 Å². The topological polar surface area (TPSA) is 541 Å². The molecule has 3 aromatic heterocycles. The number of aliphatic hydroxyl groups is 2. The number of aromatic carboxylic acids is 1. The van der Waals surface area contributed by atoms with Crippen molar-refractivity contribution in [2.24, 2.45) is 0 Å². The molecule has 0 fully saturated rings. The van der Waals surface area contributed by atoms with E-state index in [4.69, 9.17) is 67.5 Å². The number of nitrogens with two attached hydrogens (primary N) is 2. The van der Waals surface area contributed by atoms with E-state index in [1.165, 1.54) is 86.8 Å². The van der Waals surface area contributed by atoms with Gasteiger partial charge in [0.05, 0.1) is 89.2 Å². The van der Waals surface area contributed by atoms with Crippen LogP contribution >= 0.6 is 18.7 Å². The summed E-state index contributed by atoms with van der Waals surface area (Å²) >= 11 is -6.03. The summed E-state index contributed by atoms with van der Waals surface area (Å²) in [5.41, 5.74) is 17.4. The molecule has 0 aliphatic carbocycles. The molecular weight excluding hydrogens is 2060 g/mol. The van der Waals surface area contributed by atoms with E-state index in [9.17, 15) is 80.0 Å². The van der Waals surface area contributed by atoms with Gasteiger partial charge in [-0.2, -0.15) is 57.0 Å². The fourth-order valence-electron chi connectivity index (χ4n) is 11.1. The first-order valence-corrected chi connectivity index (χ1v) is 42.4. The number of hydrogen-bond acceptors (Lipinski definition) is 29. The molecule has 0 saturated heterocycles. The molecule has 0 atom stereocenters. The van der Waals surface area contributed by atoms with E-state index in [-0.39, 0.29) is 200 Å². The largest absolute Gasteiger partial charge is 2.00 e. The molecule has 9 N–H and O–H groups in total. The minimum Gasteiger partial charge on any atom is -1.00 e. The number of nitrogen functional groups attached to an aromatic ring is 2. The van der Waals surface area contributed by atoms with Gasteiger partial charge >= 0.3 is 206 Å². The summed E-state index contributed by atoms with van der Waals surface area (Å²) in [5.74, 6) is -8.71. The Bertz CT molecular complexity index is 6570. The number of carbonyl (C=O) groups excluding carboxylic acids is 10. The number of hydrogen-bond donors (Lipinski definition) is 7. The summed E-state index contributed by atoms with van der Waals surface area (Å²) in [7, 11) is 0. The number of aromatic nitrogens is 6. The van der Waals surface area contributed by atoms with Crippen molar-refractivity contribution in [2.45, 2.75) is 54.8 Å². The molecule has 49 heteroatoms. The summed E-state index contributed by atoms with van der Waals surface area (Å²) in [6.45, 7) is 22.1. The first-order chi connectivity index (χ1) is 64.3. The third kappa shape index (κ3) is 38.4. The number of carbonyl (C=O) groups is 11. The molecular formula is C91H78AlBrF5ILiMgN14NaO24. The van der Waals surface area contributed by atoms with Gasteiger partial charge < -0.3 is 75.4 Å². The Hall–Kier alpha value is -14.7. The van der Waals surface area contributed by atoms with Crippen molar-refractivity contribution in [3.63, 3.8) is 0 Å². The molecule has 0 unspecified atom stereocenters. The number of ether oxygens (including phenoxy) is 2. The van der Waals surface area contributed by atoms with Crippen LogP contribution < -0.4 is 102 Å². The number of nitriles is 1. The van der Waals surface area contributed by atoms with Crippen LogP contribution in [0, 0.1) is 94.1 Å². The van der Waals surface area contributed by atoms with E-state index in [0.29, 0.717) is 74.2 Å². The second-order valence-corrected chi connectivity index (χ2v) is 33.2. The molecule has 10 aromatic carbocycles. The number of anilines is 4. The number of amides is 2. The van der Waals surface area contributed by atoms with Crippen LogP contribution in [0.4, 0.5) is 61.8 Å². The number of halogens is 7. The summed E-state index contributed by atoms with van der Waals surface area (Å²) < 4.78 is 97.9. The van der Waals surface area contributed by atoms with Crippen molar-refractivity contribution in [2.75, 3.05) is 22.1 Å². The van der Waals surface area contributed by atoms with E-state index < -0.39 is 100 Å². The van der Waals surface area contributed by atoms with E-state index in [0.717, 1.165) is 63.2 Å². The smallest absolute Gasteiger partial charge is 1.00 e. The maximum atomic E-state index is 13.6. The van der Waals surface area contributed by atoms with Gasteiger partial charge in [0.25, 0.3) is 36.9 Å². The Morgan fingerprint density at radius 3 is 1.39 bits per heavy atom. The van der Waals surface area contributed by atoms with Crippen molar-refractivity contribution in [1.29, 1.82) is 5.26 Å². The molecule has 0 radical (unpaired) electrons. The van der Waals surface area contributed by atoms with Gasteiger partial charge in [-0.15, -0.1) is 0 Å². The number of non-ortho nitro benzene ring substituents is 1. The first kappa shape index (κ1) is 123. The fraction of sp³-hybridized carbons (Fsp3) is 0.0879. The number of aliphatic hydroxyl groups excluding tert-OH is 2. The standard InChI is InChI=1S/C19H15FN4O2.C19H13FN4O2.C13H13IO8.C12H9N3O2.C7H4FNO4.C7H6FNO2.C7H8FNO.C6H5.CH2O3.Al.BrH.Li.Mg.Na.4H/c2*1-12-6-18(24(23-12)17-5-3-4-15(10-17)21-2)19(26)22-16-8-13(11-25)7-14(20)9-16;1-8(15)19-14(20-9(2)16,21-10(3)17)12-7-5-4-6-11(12)13(18)22-14;1-8-5-11(12(16)17)15(14-8)10-4-2-3-9(6-10)7-13;8-5-1-6(9(11)12)3-7(2-5)13-4-10;8-5-1-6(9)3-7(2-5)11-4-10;8-6-1-5(4-10)2-7(9)3-6;1-2-4-6-5-3-1;2-1-4-3;;;;;;;;;/h3-10,25H,11H2,1H3,(H,22,26);3-11H,1H3,(H,22,26);4-7H,1-3H3;2-6H,1H3,(H,16,17);1-4H;1-4H,9H2;1-3,10H,4,9H2;1-5H;1,3H;;1H;;;;;;;/q;;;;;;;-1;;;;+1;+2;+1;;;;-1/p-2. The second-order valence-electron chi connectivity index (χ2n) is 26.4. The average Bonchev–Trinajstić information content (AvgIpc) is 1.54. The third-order valence-corrected chi connectivity index (χ3v) is 24.1. The van der Waals surface area contributed by atoms with Gasteiger partial charge in [-0.3, -0.25) is 38.9 Å². The van der Waals surface area contributed by atoms with Gasteiger partial charge in [0.2, 0.25) is 0 Å². The summed E-state index contributed by atoms with van der Waals surface area (Å²) in [6, 6.07) is 62.6. The number of nitro groups is 1. The van der Waals surface area contributed by atoms with Crippen LogP contribution in [-0.2, 0) is 59.1 Å². The molecule has 0 saturated carbocycles. The predicted molar refractivity (Wildman–Crippen MR) is 492 cm³/mol. The molecule has 1 aliphatic rings. The Morgan fingerprint density at radius 1 is 0.571 bits per heavy atom. The predicted octanol–water partition coefficient (Wildman–Crippen LogP) is 3.85. The summed E-state index contributed by atoms with van der Waals surface area (Å²) in [6.07, 6.45) is 0.503. The number of aryl methyl sites for hydroxylation is 3. The Morgan fingerprint density at radius 2 is 0.986 bits per heavy atom. The van der Waals surface area contributed by atoms with Crippen LogP contribution in [0.25, 0.3) is 26.8 Å². The summed E-state index contributed by atoms with van der Waals surface area (Å²) in [5, 5.41) is 72.1. The number of carboxylic acids is 1. The molecule has 0 bridgehead atoms. The van der Waals surface area contributed by atoms with Gasteiger partial charge in [0.15, 0.2) is 34.4 Å². The number of nitrogens with one attached hydrogen (secondary N) is 2. The molecule has 2 amide bonds. The van der Waals surface area contributed by atoms with Crippen LogP contribution in [0.2, 0.25) is 0 Å². The van der Waals surface area contributed by atoms with E-state index in [2.05, 4.69) is 56.0 Å². The first-order valence-electron chi connectivity index (χ1n) is 37.8. The molecule has 4 heterocycles. The van der Waals surface area contributed by atoms with Crippen LogP contribution in [0.5, 0.6) is 11.5 Å². The molecule has 1 aliphatic heterocycles. The van der Waals surface area contributed by atoms with Crippen molar-refractivity contribution < 1.29 is 194 Å². The van der Waals surface area contributed by atoms with Crippen molar-refractivity contribution in [3.8, 4) is 34.6 Å². The second kappa shape index (κ2) is 60.8.